The van der Waals surface area contributed by atoms with Crippen molar-refractivity contribution in [2.24, 2.45) is 0 Å². The minimum absolute atomic E-state index is 0. The molecule has 1 amide bonds. The number of hydrogen-bond donors (Lipinski definition) is 2. The minimum Gasteiger partial charge on any atom is -0.748 e. The van der Waals surface area contributed by atoms with Crippen molar-refractivity contribution in [3.8, 4) is 0 Å². The fourth-order valence-electron chi connectivity index (χ4n) is 5.07. The number of nitrogens with one attached hydrogen (secondary N) is 2. The van der Waals surface area contributed by atoms with Gasteiger partial charge < -0.3 is 53.0 Å². The Balaban J connectivity index is -0.000000170. The number of methoxy groups -OCH3 is 1. The van der Waals surface area contributed by atoms with Crippen molar-refractivity contribution in [2.45, 2.75) is 180 Å². The molecule has 1 heterocycles. The molecule has 1 rings (SSSR count). The number of quaternary nitrogens is 1. The molecule has 0 spiro atoms. The first-order valence-corrected chi connectivity index (χ1v) is 29.6. The summed E-state index contributed by atoms with van der Waals surface area (Å²) in [5.74, 6) is -1.79. The fraction of sp³-hybridized carbons (Fsp3) is 0.656. The number of carbonyl (C=O) groups excluding carboxylic acids is 8. The van der Waals surface area contributed by atoms with Crippen LogP contribution in [0.15, 0.2) is 85.1 Å². The lowest BCUT2D eigenvalue weighted by Gasteiger charge is -2.31. The summed E-state index contributed by atoms with van der Waals surface area (Å²) in [4.78, 5) is 89.2. The number of ether oxygens (including phenoxy) is 6. The molecule has 0 bridgehead atoms. The molecule has 500 valence electrons. The van der Waals surface area contributed by atoms with E-state index in [1.807, 2.05) is 6.92 Å². The maximum atomic E-state index is 11.2. The predicted molar refractivity (Wildman–Crippen MR) is 344 cm³/mol. The third kappa shape index (κ3) is 58.5. The SMILES string of the molecule is C.C=C(C)C(=O)CC(C)(C)S(=O)(=O)[O-].C=C(C)C(=O)CCOC.C=C(C)C(=O)OCCC.C=C(C)C(=O)OCCN1CCCC1=O.C=C(C)C(=O)OCCNC(C)(C)C.C=C(C)C(=O)OCCNC(C)(C)C.C=C(C)C(=O)OCC[N+](C)(CC)CC. The zero-order chi connectivity index (χ0) is 68.1. The van der Waals surface area contributed by atoms with Gasteiger partial charge in [0.25, 0.3) is 0 Å². The summed E-state index contributed by atoms with van der Waals surface area (Å²) in [7, 11) is -0.706. The number of likely N-dealkylation sites (tertiary alicyclic amines) is 1. The zero-order valence-electron chi connectivity index (χ0n) is 55.9. The lowest BCUT2D eigenvalue weighted by atomic mass is 10.0. The number of esters is 5. The van der Waals surface area contributed by atoms with Crippen molar-refractivity contribution in [2.75, 3.05) is 99.6 Å². The highest BCUT2D eigenvalue weighted by molar-refractivity contribution is 7.87. The van der Waals surface area contributed by atoms with Crippen LogP contribution in [-0.2, 0) is 76.9 Å². The molecule has 0 atom stereocenters. The normalized spacial score (nSPS) is 11.5. The number of Topliss-reactive ketones (excluding diaryl/α,β-unsaturated/α-hetero) is 2. The summed E-state index contributed by atoms with van der Waals surface area (Å²) < 4.78 is 60.5. The summed E-state index contributed by atoms with van der Waals surface area (Å²) in [6.45, 7) is 64.8. The second kappa shape index (κ2) is 50.1. The van der Waals surface area contributed by atoms with Gasteiger partial charge in [0, 0.05) is 84.9 Å². The summed E-state index contributed by atoms with van der Waals surface area (Å²) in [6, 6.07) is 0. The summed E-state index contributed by atoms with van der Waals surface area (Å²) in [5, 5.41) is 6.42. The van der Waals surface area contributed by atoms with Gasteiger partial charge in [-0.05, 0) is 142 Å². The van der Waals surface area contributed by atoms with Crippen LogP contribution in [0.2, 0.25) is 0 Å². The molecule has 0 radical (unpaired) electrons. The molecule has 0 unspecified atom stereocenters. The number of allylic oxidation sites excluding steroid dienone is 2. The van der Waals surface area contributed by atoms with E-state index in [1.54, 1.807) is 53.6 Å². The van der Waals surface area contributed by atoms with Gasteiger partial charge >= 0.3 is 29.8 Å². The average molecular weight is 1250 g/mol. The zero-order valence-corrected chi connectivity index (χ0v) is 56.7. The Hall–Kier alpha value is -5.91. The van der Waals surface area contributed by atoms with E-state index in [1.165, 1.54) is 20.8 Å². The third-order valence-electron chi connectivity index (χ3n) is 11.1. The van der Waals surface area contributed by atoms with E-state index < -0.39 is 26.6 Å². The van der Waals surface area contributed by atoms with Crippen LogP contribution in [0.5, 0.6) is 0 Å². The summed E-state index contributed by atoms with van der Waals surface area (Å²) in [5.41, 5.74) is 3.19. The number of ketones is 2. The fourth-order valence-corrected chi connectivity index (χ4v) is 5.38. The molecule has 1 aliphatic heterocycles. The van der Waals surface area contributed by atoms with E-state index in [2.05, 4.69) is 119 Å². The van der Waals surface area contributed by atoms with Crippen LogP contribution in [0.4, 0.5) is 0 Å². The standard InChI is InChI=1S/C11H22NO2.C10H15NO3.2C10H19NO2.C8H14O4S.2C7H12O2.CH4/c1-6-12(5,7-2)8-9-14-11(13)10(3)4;1-8(2)10(13)14-7-6-11-5-3-4-9(11)12;2*1-8(2)9(12)13-7-6-11-10(3,4)5;1-6(2)7(9)5-8(3,4)13(10,11)12;1-6(2)7(8)4-5-9-3;1-4-5-9-7(8)6(2)3;/h3,6-9H2,1-2,4-5H3;1,3-7H2,2H3;2*11H,1,6-7H2,2-5H3;1,5H2,2-4H3,(H,10,11,12);1,4-5H2,2-3H3;2,4-5H2,1,3H3;1H4/q+1;;;;;;;/p-1. The molecule has 86 heavy (non-hydrogen) atoms. The van der Waals surface area contributed by atoms with Gasteiger partial charge in [0.2, 0.25) is 5.91 Å². The number of likely N-dealkylation sites (N-methyl/N-ethyl adjacent to an activating group) is 1. The van der Waals surface area contributed by atoms with Gasteiger partial charge in [0.1, 0.15) is 43.1 Å². The second-order valence-electron chi connectivity index (χ2n) is 22.9. The quantitative estimate of drug-likeness (QED) is 0.0176. The molecule has 1 fully saturated rings. The van der Waals surface area contributed by atoms with Crippen LogP contribution in [0.3, 0.4) is 0 Å². The van der Waals surface area contributed by atoms with Crippen LogP contribution in [0, 0.1) is 0 Å². The van der Waals surface area contributed by atoms with Crippen LogP contribution < -0.4 is 10.6 Å². The lowest BCUT2D eigenvalue weighted by molar-refractivity contribution is -0.906. The van der Waals surface area contributed by atoms with E-state index in [0.717, 1.165) is 43.5 Å². The second-order valence-corrected chi connectivity index (χ2v) is 24.9. The molecule has 0 aromatic rings. The van der Waals surface area contributed by atoms with Crippen LogP contribution in [-0.4, -0.2) is 185 Å². The Morgan fingerprint density at radius 3 is 1.16 bits per heavy atom. The van der Waals surface area contributed by atoms with Gasteiger partial charge in [0.05, 0.1) is 44.6 Å². The molecule has 21 nitrogen and oxygen atoms in total. The highest BCUT2D eigenvalue weighted by Crippen LogP contribution is 2.21. The number of amides is 1. The van der Waals surface area contributed by atoms with E-state index >= 15 is 0 Å². The smallest absolute Gasteiger partial charge is 0.333 e. The Bertz CT molecular complexity index is 2210. The molecule has 2 N–H and O–H groups in total. The molecule has 1 saturated heterocycles. The van der Waals surface area contributed by atoms with Gasteiger partial charge in [-0.2, -0.15) is 0 Å². The molecular weight excluding hydrogens is 1130 g/mol. The first kappa shape index (κ1) is 93.8. The van der Waals surface area contributed by atoms with Gasteiger partial charge in [-0.25, -0.2) is 32.4 Å². The molecule has 1 aliphatic rings. The van der Waals surface area contributed by atoms with Crippen molar-refractivity contribution in [3.05, 3.63) is 85.1 Å². The van der Waals surface area contributed by atoms with Crippen molar-refractivity contribution in [1.82, 2.24) is 15.5 Å². The largest absolute Gasteiger partial charge is 0.748 e. The van der Waals surface area contributed by atoms with Crippen LogP contribution in [0.1, 0.15) is 164 Å². The van der Waals surface area contributed by atoms with Crippen molar-refractivity contribution < 1.29 is 84.2 Å². The van der Waals surface area contributed by atoms with Crippen molar-refractivity contribution >= 4 is 57.4 Å². The Morgan fingerprint density at radius 1 is 0.558 bits per heavy atom. The maximum Gasteiger partial charge on any atom is 0.333 e. The Labute approximate surface area is 519 Å². The lowest BCUT2D eigenvalue weighted by Crippen LogP contribution is -2.46. The van der Waals surface area contributed by atoms with E-state index in [4.69, 9.17) is 28.4 Å². The van der Waals surface area contributed by atoms with E-state index in [0.29, 0.717) is 98.9 Å². The minimum atomic E-state index is -4.44. The Kier molecular flexibility index (Phi) is 54.7. The van der Waals surface area contributed by atoms with E-state index in [9.17, 15) is 51.3 Å². The number of nitrogens with zero attached hydrogens (tertiary/aromatic N) is 2. The topological polar surface area (TPSA) is 276 Å². The summed E-state index contributed by atoms with van der Waals surface area (Å²) >= 11 is 0. The molecule has 0 saturated carbocycles. The first-order valence-electron chi connectivity index (χ1n) is 28.2. The molecular formula is C64H116N4O17S. The molecule has 0 aromatic heterocycles. The van der Waals surface area contributed by atoms with Crippen LogP contribution >= 0.6 is 0 Å². The van der Waals surface area contributed by atoms with Crippen LogP contribution in [0.25, 0.3) is 0 Å². The van der Waals surface area contributed by atoms with Gasteiger partial charge in [-0.3, -0.25) is 14.4 Å². The average Bonchev–Trinajstić information content (AvgIpc) is 3.80. The predicted octanol–water partition coefficient (Wildman–Crippen LogP) is 9.47. The maximum absolute atomic E-state index is 11.2. The van der Waals surface area contributed by atoms with E-state index in [-0.39, 0.29) is 72.7 Å². The van der Waals surface area contributed by atoms with Crippen molar-refractivity contribution in [1.29, 1.82) is 0 Å². The van der Waals surface area contributed by atoms with Gasteiger partial charge in [0.15, 0.2) is 11.6 Å². The Morgan fingerprint density at radius 2 is 0.895 bits per heavy atom. The monoisotopic (exact) mass is 1240 g/mol. The highest BCUT2D eigenvalue weighted by atomic mass is 32.2. The molecule has 22 heteroatoms. The number of hydrogen-bond acceptors (Lipinski definition) is 19. The highest BCUT2D eigenvalue weighted by Gasteiger charge is 2.29. The first-order chi connectivity index (χ1) is 38.7. The van der Waals surface area contributed by atoms with Crippen molar-refractivity contribution in [3.63, 3.8) is 0 Å². The number of carbonyl (C=O) groups is 8. The third-order valence-corrected chi connectivity index (χ3v) is 12.6. The van der Waals surface area contributed by atoms with Gasteiger partial charge in [-0.15, -0.1) is 0 Å². The molecule has 0 aromatic carbocycles. The molecule has 0 aliphatic carbocycles. The van der Waals surface area contributed by atoms with Gasteiger partial charge in [-0.1, -0.05) is 60.4 Å². The summed E-state index contributed by atoms with van der Waals surface area (Å²) in [6.07, 6.45) is 2.53. The number of rotatable bonds is 29.